The first-order chi connectivity index (χ1) is 12.0. The van der Waals surface area contributed by atoms with Gasteiger partial charge in [0.05, 0.1) is 19.1 Å². The number of nitrogens with one attached hydrogen (secondary N) is 1. The Morgan fingerprint density at radius 2 is 2.20 bits per heavy atom. The molecule has 0 spiro atoms. The Kier molecular flexibility index (Phi) is 4.94. The molecule has 2 amide bonds. The lowest BCUT2D eigenvalue weighted by atomic mass is 10.1. The van der Waals surface area contributed by atoms with Gasteiger partial charge < -0.3 is 25.1 Å². The first-order valence-electron chi connectivity index (χ1n) is 8.38. The third-order valence-electron chi connectivity index (χ3n) is 4.64. The smallest absolute Gasteiger partial charge is 0.240 e. The van der Waals surface area contributed by atoms with E-state index in [0.717, 1.165) is 22.2 Å². The minimum Gasteiger partial charge on any atom is -0.493 e. The van der Waals surface area contributed by atoms with Crippen molar-refractivity contribution in [3.05, 3.63) is 30.0 Å². The normalized spacial score (nSPS) is 20.2. The standard InChI is InChI=1S/C18H23N3O4/c1-3-25-15-6-4-5-13-17(15)11(9-20-13)7-16(22)21-10-12(24-2)8-14(21)18(19)23/h4-6,9,12,14,20H,3,7-8,10H2,1-2H3,(H2,19,23)/t12-,14-/m0/s1. The number of aromatic nitrogens is 1. The van der Waals surface area contributed by atoms with E-state index in [1.165, 1.54) is 4.90 Å². The number of primary amides is 1. The zero-order chi connectivity index (χ0) is 18.0. The second-order valence-corrected chi connectivity index (χ2v) is 6.16. The van der Waals surface area contributed by atoms with E-state index in [9.17, 15) is 9.59 Å². The number of likely N-dealkylation sites (tertiary alicyclic amines) is 1. The van der Waals surface area contributed by atoms with Crippen LogP contribution >= 0.6 is 0 Å². The van der Waals surface area contributed by atoms with E-state index in [1.807, 2.05) is 31.3 Å². The highest BCUT2D eigenvalue weighted by molar-refractivity contribution is 5.94. The van der Waals surface area contributed by atoms with Gasteiger partial charge in [0.25, 0.3) is 0 Å². The summed E-state index contributed by atoms with van der Waals surface area (Å²) in [6.07, 6.45) is 2.26. The number of carbonyl (C=O) groups is 2. The van der Waals surface area contributed by atoms with Gasteiger partial charge in [-0.1, -0.05) is 6.07 Å². The molecule has 1 aliphatic rings. The Morgan fingerprint density at radius 1 is 1.40 bits per heavy atom. The van der Waals surface area contributed by atoms with Crippen LogP contribution < -0.4 is 10.5 Å². The lowest BCUT2D eigenvalue weighted by molar-refractivity contribution is -0.136. The van der Waals surface area contributed by atoms with Crippen LogP contribution in [-0.2, 0) is 20.7 Å². The Balaban J connectivity index is 1.85. The van der Waals surface area contributed by atoms with Crippen LogP contribution in [0.2, 0.25) is 0 Å². The van der Waals surface area contributed by atoms with Gasteiger partial charge in [-0.25, -0.2) is 0 Å². The number of carbonyl (C=O) groups excluding carboxylic acids is 2. The van der Waals surface area contributed by atoms with Gasteiger partial charge in [-0.3, -0.25) is 9.59 Å². The minimum absolute atomic E-state index is 0.143. The molecule has 1 aromatic heterocycles. The summed E-state index contributed by atoms with van der Waals surface area (Å²) in [6.45, 7) is 2.84. The number of ether oxygens (including phenoxy) is 2. The van der Waals surface area contributed by atoms with Crippen molar-refractivity contribution in [1.82, 2.24) is 9.88 Å². The third kappa shape index (κ3) is 3.32. The molecule has 3 rings (SSSR count). The van der Waals surface area contributed by atoms with Crippen molar-refractivity contribution < 1.29 is 19.1 Å². The summed E-state index contributed by atoms with van der Waals surface area (Å²) in [7, 11) is 1.57. The molecule has 1 fully saturated rings. The van der Waals surface area contributed by atoms with Crippen LogP contribution in [0.4, 0.5) is 0 Å². The Labute approximate surface area is 146 Å². The topological polar surface area (TPSA) is 97.7 Å². The quantitative estimate of drug-likeness (QED) is 0.822. The van der Waals surface area contributed by atoms with E-state index < -0.39 is 11.9 Å². The summed E-state index contributed by atoms with van der Waals surface area (Å²) in [6, 6.07) is 5.11. The Morgan fingerprint density at radius 3 is 2.88 bits per heavy atom. The molecule has 3 N–H and O–H groups in total. The lowest BCUT2D eigenvalue weighted by Gasteiger charge is -2.22. The van der Waals surface area contributed by atoms with Gasteiger partial charge in [0.2, 0.25) is 11.8 Å². The fourth-order valence-electron chi connectivity index (χ4n) is 3.41. The van der Waals surface area contributed by atoms with E-state index in [-0.39, 0.29) is 18.4 Å². The van der Waals surface area contributed by atoms with E-state index in [1.54, 1.807) is 7.11 Å². The van der Waals surface area contributed by atoms with Crippen LogP contribution in [-0.4, -0.2) is 54.1 Å². The summed E-state index contributed by atoms with van der Waals surface area (Å²) in [5.74, 6) is 0.101. The molecule has 7 nitrogen and oxygen atoms in total. The van der Waals surface area contributed by atoms with Gasteiger partial charge in [-0.15, -0.1) is 0 Å². The Hall–Kier alpha value is -2.54. The highest BCUT2D eigenvalue weighted by atomic mass is 16.5. The zero-order valence-corrected chi connectivity index (χ0v) is 14.5. The zero-order valence-electron chi connectivity index (χ0n) is 14.5. The second-order valence-electron chi connectivity index (χ2n) is 6.16. The second kappa shape index (κ2) is 7.14. The number of rotatable bonds is 6. The molecule has 1 saturated heterocycles. The maximum Gasteiger partial charge on any atom is 0.240 e. The molecule has 7 heteroatoms. The maximum atomic E-state index is 12.8. The van der Waals surface area contributed by atoms with Gasteiger partial charge in [0, 0.05) is 37.2 Å². The van der Waals surface area contributed by atoms with Crippen LogP contribution in [0.5, 0.6) is 5.75 Å². The Bertz CT molecular complexity index is 786. The molecule has 0 radical (unpaired) electrons. The van der Waals surface area contributed by atoms with Gasteiger partial charge >= 0.3 is 0 Å². The maximum absolute atomic E-state index is 12.8. The summed E-state index contributed by atoms with van der Waals surface area (Å²) >= 11 is 0. The summed E-state index contributed by atoms with van der Waals surface area (Å²) in [5, 5.41) is 0.899. The molecule has 0 aliphatic carbocycles. The highest BCUT2D eigenvalue weighted by Crippen LogP contribution is 2.30. The van der Waals surface area contributed by atoms with E-state index in [0.29, 0.717) is 19.6 Å². The van der Waals surface area contributed by atoms with Crippen molar-refractivity contribution >= 4 is 22.7 Å². The first-order valence-corrected chi connectivity index (χ1v) is 8.38. The molecule has 134 valence electrons. The number of nitrogens with two attached hydrogens (primary N) is 1. The van der Waals surface area contributed by atoms with Crippen LogP contribution in [0.15, 0.2) is 24.4 Å². The van der Waals surface area contributed by atoms with Crippen molar-refractivity contribution in [2.75, 3.05) is 20.3 Å². The van der Waals surface area contributed by atoms with Crippen molar-refractivity contribution in [2.45, 2.75) is 31.9 Å². The summed E-state index contributed by atoms with van der Waals surface area (Å²) < 4.78 is 11.0. The average molecular weight is 345 g/mol. The number of hydrogen-bond donors (Lipinski definition) is 2. The number of hydrogen-bond acceptors (Lipinski definition) is 4. The SMILES string of the molecule is CCOc1cccc2[nH]cc(CC(=O)N3C[C@@H](OC)C[C@H]3C(N)=O)c12. The predicted octanol–water partition coefficient (Wildman–Crippen LogP) is 1.21. The van der Waals surface area contributed by atoms with Gasteiger partial charge in [0.15, 0.2) is 0 Å². The molecule has 0 bridgehead atoms. The monoisotopic (exact) mass is 345 g/mol. The van der Waals surface area contributed by atoms with Gasteiger partial charge in [-0.05, 0) is 24.6 Å². The fraction of sp³-hybridized carbons (Fsp3) is 0.444. The first kappa shape index (κ1) is 17.3. The van der Waals surface area contributed by atoms with Crippen molar-refractivity contribution in [3.8, 4) is 5.75 Å². The molecule has 0 saturated carbocycles. The van der Waals surface area contributed by atoms with Crippen LogP contribution in [0.25, 0.3) is 10.9 Å². The number of amides is 2. The molecule has 2 aromatic rings. The van der Waals surface area contributed by atoms with Crippen molar-refractivity contribution in [1.29, 1.82) is 0 Å². The van der Waals surface area contributed by atoms with Crippen LogP contribution in [0, 0.1) is 0 Å². The third-order valence-corrected chi connectivity index (χ3v) is 4.64. The number of nitrogens with zero attached hydrogens (tertiary/aromatic N) is 1. The molecular weight excluding hydrogens is 322 g/mol. The molecule has 2 atom stereocenters. The molecule has 2 heterocycles. The summed E-state index contributed by atoms with van der Waals surface area (Å²) in [4.78, 5) is 29.2. The summed E-state index contributed by atoms with van der Waals surface area (Å²) in [5.41, 5.74) is 7.21. The molecular formula is C18H23N3O4. The lowest BCUT2D eigenvalue weighted by Crippen LogP contribution is -2.44. The van der Waals surface area contributed by atoms with E-state index in [4.69, 9.17) is 15.2 Å². The van der Waals surface area contributed by atoms with Crippen molar-refractivity contribution in [2.24, 2.45) is 5.73 Å². The van der Waals surface area contributed by atoms with Crippen LogP contribution in [0.1, 0.15) is 18.9 Å². The largest absolute Gasteiger partial charge is 0.493 e. The number of benzene rings is 1. The highest BCUT2D eigenvalue weighted by Gasteiger charge is 2.38. The molecule has 1 aromatic carbocycles. The average Bonchev–Trinajstić information content (AvgIpc) is 3.20. The predicted molar refractivity (Wildman–Crippen MR) is 93.3 cm³/mol. The van der Waals surface area contributed by atoms with E-state index >= 15 is 0 Å². The van der Waals surface area contributed by atoms with Crippen LogP contribution in [0.3, 0.4) is 0 Å². The number of methoxy groups -OCH3 is 1. The molecule has 0 unspecified atom stereocenters. The molecule has 1 aliphatic heterocycles. The number of aromatic amines is 1. The number of H-pyrrole nitrogens is 1. The van der Waals surface area contributed by atoms with Gasteiger partial charge in [0.1, 0.15) is 11.8 Å². The van der Waals surface area contributed by atoms with Gasteiger partial charge in [-0.2, -0.15) is 0 Å². The van der Waals surface area contributed by atoms with E-state index in [2.05, 4.69) is 4.98 Å². The fourth-order valence-corrected chi connectivity index (χ4v) is 3.41. The number of fused-ring (bicyclic) bond motifs is 1. The molecule has 25 heavy (non-hydrogen) atoms. The minimum atomic E-state index is -0.617. The van der Waals surface area contributed by atoms with Crippen molar-refractivity contribution in [3.63, 3.8) is 0 Å².